The molecule has 7 heteroatoms. The Morgan fingerprint density at radius 1 is 1.05 bits per heavy atom. The van der Waals surface area contributed by atoms with E-state index in [1.807, 2.05) is 7.05 Å². The fraction of sp³-hybridized carbons (Fsp3) is 0.786. The maximum atomic E-state index is 4.52. The van der Waals surface area contributed by atoms with Crippen molar-refractivity contribution in [1.29, 1.82) is 0 Å². The summed E-state index contributed by atoms with van der Waals surface area (Å²) in [6.45, 7) is 10.3. The highest BCUT2D eigenvalue weighted by atomic mass is 15.3. The molecule has 2 heterocycles. The van der Waals surface area contributed by atoms with Gasteiger partial charge >= 0.3 is 0 Å². The summed E-state index contributed by atoms with van der Waals surface area (Å²) in [6.07, 6.45) is 2.64. The summed E-state index contributed by atoms with van der Waals surface area (Å²) in [6, 6.07) is 0. The van der Waals surface area contributed by atoms with Gasteiger partial charge in [0, 0.05) is 33.2 Å². The molecule has 2 rings (SSSR count). The first-order valence-electron chi connectivity index (χ1n) is 7.91. The molecule has 1 aliphatic heterocycles. The van der Waals surface area contributed by atoms with Crippen LogP contribution in [0.15, 0.2) is 0 Å². The van der Waals surface area contributed by atoms with Gasteiger partial charge in [-0.05, 0) is 39.8 Å². The van der Waals surface area contributed by atoms with Gasteiger partial charge in [-0.1, -0.05) is 0 Å². The first kappa shape index (κ1) is 15.8. The van der Waals surface area contributed by atoms with Gasteiger partial charge in [-0.3, -0.25) is 0 Å². The Kier molecular flexibility index (Phi) is 5.98. The Balaban J connectivity index is 1.98. The molecule has 1 aliphatic rings. The van der Waals surface area contributed by atoms with Crippen LogP contribution in [-0.2, 0) is 0 Å². The lowest BCUT2D eigenvalue weighted by Gasteiger charge is -2.20. The van der Waals surface area contributed by atoms with E-state index in [1.54, 1.807) is 0 Å². The van der Waals surface area contributed by atoms with Crippen LogP contribution >= 0.6 is 0 Å². The standard InChI is InChI=1S/C14H27N7/c1-4-21(5-2)14-18-12(15-3)17-13(19-14)16-8-11-20-9-6-7-10-20/h4-11H2,1-3H3,(H2,15,16,17,18,19). The SMILES string of the molecule is CCN(CC)c1nc(NC)nc(NCCN2CCCC2)n1. The lowest BCUT2D eigenvalue weighted by atomic mass is 10.4. The molecule has 1 saturated heterocycles. The first-order valence-corrected chi connectivity index (χ1v) is 7.91. The minimum Gasteiger partial charge on any atom is -0.357 e. The Labute approximate surface area is 127 Å². The Morgan fingerprint density at radius 2 is 1.71 bits per heavy atom. The number of likely N-dealkylation sites (tertiary alicyclic amines) is 1. The number of nitrogens with zero attached hydrogens (tertiary/aromatic N) is 5. The third-order valence-corrected chi connectivity index (χ3v) is 3.80. The van der Waals surface area contributed by atoms with Crippen LogP contribution in [-0.4, -0.2) is 66.2 Å². The molecule has 1 aromatic heterocycles. The van der Waals surface area contributed by atoms with Crippen LogP contribution in [0.4, 0.5) is 17.8 Å². The molecule has 1 aromatic rings. The summed E-state index contributed by atoms with van der Waals surface area (Å²) >= 11 is 0. The Morgan fingerprint density at radius 3 is 2.33 bits per heavy atom. The molecule has 0 spiro atoms. The van der Waals surface area contributed by atoms with E-state index in [0.717, 1.165) is 32.1 Å². The molecule has 0 atom stereocenters. The molecule has 2 N–H and O–H groups in total. The van der Waals surface area contributed by atoms with Crippen LogP contribution in [0.2, 0.25) is 0 Å². The summed E-state index contributed by atoms with van der Waals surface area (Å²) in [5.41, 5.74) is 0. The van der Waals surface area contributed by atoms with Crippen molar-refractivity contribution in [3.8, 4) is 0 Å². The van der Waals surface area contributed by atoms with Crippen molar-refractivity contribution in [1.82, 2.24) is 19.9 Å². The van der Waals surface area contributed by atoms with E-state index in [1.165, 1.54) is 25.9 Å². The van der Waals surface area contributed by atoms with Crippen LogP contribution in [0.25, 0.3) is 0 Å². The zero-order valence-electron chi connectivity index (χ0n) is 13.4. The monoisotopic (exact) mass is 293 g/mol. The van der Waals surface area contributed by atoms with E-state index >= 15 is 0 Å². The lowest BCUT2D eigenvalue weighted by Crippen LogP contribution is -2.28. The van der Waals surface area contributed by atoms with Crippen LogP contribution in [0.1, 0.15) is 26.7 Å². The number of anilines is 3. The molecule has 7 nitrogen and oxygen atoms in total. The molecule has 21 heavy (non-hydrogen) atoms. The third kappa shape index (κ3) is 4.42. The van der Waals surface area contributed by atoms with E-state index < -0.39 is 0 Å². The van der Waals surface area contributed by atoms with E-state index in [0.29, 0.717) is 11.9 Å². The van der Waals surface area contributed by atoms with Crippen LogP contribution in [0.3, 0.4) is 0 Å². The first-order chi connectivity index (χ1) is 10.3. The van der Waals surface area contributed by atoms with Crippen LogP contribution < -0.4 is 15.5 Å². The summed E-state index contributed by atoms with van der Waals surface area (Å²) in [5, 5.41) is 6.32. The van der Waals surface area contributed by atoms with Gasteiger partial charge in [0.05, 0.1) is 0 Å². The molecule has 1 fully saturated rings. The number of aromatic nitrogens is 3. The minimum atomic E-state index is 0.607. The molecule has 0 unspecified atom stereocenters. The van der Waals surface area contributed by atoms with Gasteiger partial charge in [0.1, 0.15) is 0 Å². The fourth-order valence-corrected chi connectivity index (χ4v) is 2.54. The molecule has 0 bridgehead atoms. The highest BCUT2D eigenvalue weighted by Gasteiger charge is 2.12. The van der Waals surface area contributed by atoms with Crippen molar-refractivity contribution < 1.29 is 0 Å². The summed E-state index contributed by atoms with van der Waals surface area (Å²) in [4.78, 5) is 17.9. The Hall–Kier alpha value is -1.63. The molecule has 0 radical (unpaired) electrons. The van der Waals surface area contributed by atoms with Crippen molar-refractivity contribution in [3.05, 3.63) is 0 Å². The predicted molar refractivity (Wildman–Crippen MR) is 87.1 cm³/mol. The average molecular weight is 293 g/mol. The lowest BCUT2D eigenvalue weighted by molar-refractivity contribution is 0.352. The zero-order chi connectivity index (χ0) is 15.1. The van der Waals surface area contributed by atoms with Gasteiger partial charge in [0.25, 0.3) is 0 Å². The number of hydrogen-bond donors (Lipinski definition) is 2. The summed E-state index contributed by atoms with van der Waals surface area (Å²) < 4.78 is 0. The fourth-order valence-electron chi connectivity index (χ4n) is 2.54. The van der Waals surface area contributed by atoms with Gasteiger partial charge in [-0.15, -0.1) is 0 Å². The largest absolute Gasteiger partial charge is 0.357 e. The second kappa shape index (κ2) is 7.97. The maximum absolute atomic E-state index is 4.52. The highest BCUT2D eigenvalue weighted by molar-refractivity contribution is 5.43. The maximum Gasteiger partial charge on any atom is 0.231 e. The molecular formula is C14H27N7. The zero-order valence-corrected chi connectivity index (χ0v) is 13.4. The second-order valence-electron chi connectivity index (χ2n) is 5.18. The molecule has 0 saturated carbocycles. The van der Waals surface area contributed by atoms with Gasteiger partial charge in [-0.2, -0.15) is 15.0 Å². The predicted octanol–water partition coefficient (Wildman–Crippen LogP) is 1.27. The quantitative estimate of drug-likeness (QED) is 0.748. The smallest absolute Gasteiger partial charge is 0.231 e. The van der Waals surface area contributed by atoms with Crippen molar-refractivity contribution in [2.24, 2.45) is 0 Å². The topological polar surface area (TPSA) is 69.2 Å². The Bertz CT molecular complexity index is 427. The van der Waals surface area contributed by atoms with Crippen molar-refractivity contribution in [3.63, 3.8) is 0 Å². The van der Waals surface area contributed by atoms with Gasteiger partial charge in [-0.25, -0.2) is 0 Å². The molecule has 0 amide bonds. The normalized spacial score (nSPS) is 15.2. The van der Waals surface area contributed by atoms with Crippen LogP contribution in [0.5, 0.6) is 0 Å². The highest BCUT2D eigenvalue weighted by Crippen LogP contribution is 2.13. The van der Waals surface area contributed by atoms with Crippen LogP contribution in [0, 0.1) is 0 Å². The van der Waals surface area contributed by atoms with Gasteiger partial charge in [0.15, 0.2) is 0 Å². The summed E-state index contributed by atoms with van der Waals surface area (Å²) in [7, 11) is 1.83. The number of nitrogens with one attached hydrogen (secondary N) is 2. The van der Waals surface area contributed by atoms with Gasteiger partial charge < -0.3 is 20.4 Å². The third-order valence-electron chi connectivity index (χ3n) is 3.80. The molecule has 0 aliphatic carbocycles. The van der Waals surface area contributed by atoms with E-state index in [-0.39, 0.29) is 0 Å². The van der Waals surface area contributed by atoms with Crippen molar-refractivity contribution >= 4 is 17.8 Å². The second-order valence-corrected chi connectivity index (χ2v) is 5.18. The van der Waals surface area contributed by atoms with Crippen molar-refractivity contribution in [2.45, 2.75) is 26.7 Å². The van der Waals surface area contributed by atoms with Crippen molar-refractivity contribution in [2.75, 3.05) is 61.8 Å². The molecule has 0 aromatic carbocycles. The number of rotatable bonds is 8. The average Bonchev–Trinajstić information content (AvgIpc) is 3.01. The van der Waals surface area contributed by atoms with Gasteiger partial charge in [0.2, 0.25) is 17.8 Å². The minimum absolute atomic E-state index is 0.607. The molecular weight excluding hydrogens is 266 g/mol. The number of hydrogen-bond acceptors (Lipinski definition) is 7. The summed E-state index contributed by atoms with van der Waals surface area (Å²) in [5.74, 6) is 1.98. The van der Waals surface area contributed by atoms with E-state index in [2.05, 4.69) is 49.2 Å². The van der Waals surface area contributed by atoms with E-state index in [4.69, 9.17) is 0 Å². The van der Waals surface area contributed by atoms with E-state index in [9.17, 15) is 0 Å². The molecule has 118 valence electrons.